The van der Waals surface area contributed by atoms with Crippen molar-refractivity contribution >= 4 is 33.3 Å². The van der Waals surface area contributed by atoms with E-state index in [9.17, 15) is 9.59 Å². The van der Waals surface area contributed by atoms with Gasteiger partial charge in [0, 0.05) is 23.7 Å². The number of hydrogen-bond acceptors (Lipinski definition) is 2. The molecule has 2 unspecified atom stereocenters. The Bertz CT molecular complexity index is 694. The molecule has 0 spiro atoms. The summed E-state index contributed by atoms with van der Waals surface area (Å²) in [4.78, 5) is 27.4. The van der Waals surface area contributed by atoms with Crippen LogP contribution in [0.3, 0.4) is 0 Å². The maximum atomic E-state index is 12.9. The Morgan fingerprint density at radius 1 is 1.19 bits per heavy atom. The Labute approximate surface area is 172 Å². The predicted octanol–water partition coefficient (Wildman–Crippen LogP) is 5.93. The van der Waals surface area contributed by atoms with Gasteiger partial charge in [0.05, 0.1) is 4.83 Å². The minimum atomic E-state index is -0.164. The van der Waals surface area contributed by atoms with Crippen molar-refractivity contribution < 1.29 is 9.59 Å². The van der Waals surface area contributed by atoms with Gasteiger partial charge in [-0.05, 0) is 55.4 Å². The number of fused-ring (bicyclic) bond motifs is 1. The summed E-state index contributed by atoms with van der Waals surface area (Å²) in [6, 6.07) is 6.04. The molecule has 1 aliphatic carbocycles. The van der Waals surface area contributed by atoms with Crippen molar-refractivity contribution in [1.29, 1.82) is 0 Å². The van der Waals surface area contributed by atoms with E-state index in [1.807, 2.05) is 36.9 Å². The van der Waals surface area contributed by atoms with Gasteiger partial charge in [0.15, 0.2) is 5.78 Å². The number of hydrogen-bond donors (Lipinski definition) is 0. The molecule has 1 heterocycles. The molecule has 0 saturated heterocycles. The Kier molecular flexibility index (Phi) is 6.78. The summed E-state index contributed by atoms with van der Waals surface area (Å²) in [6.07, 6.45) is 9.07. The van der Waals surface area contributed by atoms with Gasteiger partial charge in [-0.3, -0.25) is 9.59 Å². The highest BCUT2D eigenvalue weighted by Crippen LogP contribution is 2.35. The summed E-state index contributed by atoms with van der Waals surface area (Å²) in [5.41, 5.74) is 2.87. The highest BCUT2D eigenvalue weighted by molar-refractivity contribution is 9.10. The second-order valence-electron chi connectivity index (χ2n) is 8.71. The number of alkyl halides is 1. The van der Waals surface area contributed by atoms with Crippen LogP contribution in [0.15, 0.2) is 18.2 Å². The van der Waals surface area contributed by atoms with Crippen molar-refractivity contribution in [3.8, 4) is 0 Å². The maximum absolute atomic E-state index is 12.9. The third kappa shape index (κ3) is 4.64. The van der Waals surface area contributed by atoms with Crippen molar-refractivity contribution in [2.45, 2.75) is 83.0 Å². The van der Waals surface area contributed by atoms with E-state index < -0.39 is 0 Å². The standard InChI is InChI=1S/C23H32BrNO2/c1-15(2)22(24)23(27)18-10-11-20-19(14-18)13-16(3)25(20)21(26)12-9-17-7-5-4-6-8-17/h10-11,14-17,22H,4-9,12-13H2,1-3H3. The summed E-state index contributed by atoms with van der Waals surface area (Å²) in [6.45, 7) is 6.19. The first kappa shape index (κ1) is 20.6. The Hall–Kier alpha value is -1.16. The first-order chi connectivity index (χ1) is 12.9. The zero-order valence-electron chi connectivity index (χ0n) is 16.8. The monoisotopic (exact) mass is 433 g/mol. The van der Waals surface area contributed by atoms with Crippen LogP contribution in [-0.4, -0.2) is 22.6 Å². The molecule has 3 rings (SSSR count). The van der Waals surface area contributed by atoms with Crippen LogP contribution in [0, 0.1) is 11.8 Å². The Balaban J connectivity index is 1.69. The summed E-state index contributed by atoms with van der Waals surface area (Å²) in [7, 11) is 0. The van der Waals surface area contributed by atoms with Gasteiger partial charge in [0.25, 0.3) is 0 Å². The van der Waals surface area contributed by atoms with Gasteiger partial charge in [0.1, 0.15) is 0 Å². The molecule has 0 aromatic heterocycles. The summed E-state index contributed by atoms with van der Waals surface area (Å²) < 4.78 is 0. The summed E-state index contributed by atoms with van der Waals surface area (Å²) in [5, 5.41) is 0. The molecule has 3 nitrogen and oxygen atoms in total. The number of carbonyl (C=O) groups is 2. The molecule has 2 atom stereocenters. The second kappa shape index (κ2) is 8.89. The molecule has 148 valence electrons. The van der Waals surface area contributed by atoms with Crippen LogP contribution >= 0.6 is 15.9 Å². The lowest BCUT2D eigenvalue weighted by Crippen LogP contribution is -2.35. The lowest BCUT2D eigenvalue weighted by Gasteiger charge is -2.25. The number of ketones is 1. The minimum Gasteiger partial charge on any atom is -0.309 e. The minimum absolute atomic E-state index is 0.127. The van der Waals surface area contributed by atoms with Gasteiger partial charge in [-0.15, -0.1) is 0 Å². The zero-order valence-corrected chi connectivity index (χ0v) is 18.4. The van der Waals surface area contributed by atoms with Crippen LogP contribution in [0.4, 0.5) is 5.69 Å². The largest absolute Gasteiger partial charge is 0.309 e. The topological polar surface area (TPSA) is 37.4 Å². The van der Waals surface area contributed by atoms with Gasteiger partial charge in [-0.1, -0.05) is 61.9 Å². The van der Waals surface area contributed by atoms with E-state index in [2.05, 4.69) is 22.9 Å². The van der Waals surface area contributed by atoms with Gasteiger partial charge < -0.3 is 4.90 Å². The maximum Gasteiger partial charge on any atom is 0.227 e. The molecular formula is C23H32BrNO2. The van der Waals surface area contributed by atoms with E-state index in [1.54, 1.807) is 0 Å². The number of amides is 1. The van der Waals surface area contributed by atoms with Gasteiger partial charge >= 0.3 is 0 Å². The lowest BCUT2D eigenvalue weighted by molar-refractivity contribution is -0.119. The number of benzene rings is 1. The fraction of sp³-hybridized carbons (Fsp3) is 0.652. The van der Waals surface area contributed by atoms with Gasteiger partial charge in [0.2, 0.25) is 5.91 Å². The average molecular weight is 434 g/mol. The van der Waals surface area contributed by atoms with Crippen molar-refractivity contribution in [3.63, 3.8) is 0 Å². The fourth-order valence-corrected chi connectivity index (χ4v) is 4.81. The molecule has 0 bridgehead atoms. The van der Waals surface area contributed by atoms with Crippen LogP contribution in [0.5, 0.6) is 0 Å². The normalized spacial score (nSPS) is 21.4. The molecule has 27 heavy (non-hydrogen) atoms. The van der Waals surface area contributed by atoms with E-state index in [0.29, 0.717) is 6.42 Å². The van der Waals surface area contributed by atoms with Crippen LogP contribution in [0.1, 0.15) is 81.6 Å². The zero-order chi connectivity index (χ0) is 19.6. The average Bonchev–Trinajstić information content (AvgIpc) is 3.00. The van der Waals surface area contributed by atoms with Crippen LogP contribution in [-0.2, 0) is 11.2 Å². The quantitative estimate of drug-likeness (QED) is 0.411. The molecule has 0 radical (unpaired) electrons. The smallest absolute Gasteiger partial charge is 0.227 e. The molecular weight excluding hydrogens is 402 g/mol. The summed E-state index contributed by atoms with van der Waals surface area (Å²) >= 11 is 3.52. The number of nitrogens with zero attached hydrogens (tertiary/aromatic N) is 1. The first-order valence-corrected chi connectivity index (χ1v) is 11.4. The molecule has 1 fully saturated rings. The van der Waals surface area contributed by atoms with E-state index in [1.165, 1.54) is 32.1 Å². The lowest BCUT2D eigenvalue weighted by atomic mass is 9.86. The van der Waals surface area contributed by atoms with E-state index in [-0.39, 0.29) is 28.5 Å². The number of carbonyl (C=O) groups excluding carboxylic acids is 2. The number of rotatable bonds is 6. The molecule has 1 aromatic rings. The number of anilines is 1. The van der Waals surface area contributed by atoms with Crippen molar-refractivity contribution in [1.82, 2.24) is 0 Å². The van der Waals surface area contributed by atoms with E-state index in [0.717, 1.165) is 35.6 Å². The Morgan fingerprint density at radius 3 is 2.56 bits per heavy atom. The van der Waals surface area contributed by atoms with Crippen molar-refractivity contribution in [2.24, 2.45) is 11.8 Å². The second-order valence-corrected chi connectivity index (χ2v) is 9.70. The Morgan fingerprint density at radius 2 is 1.89 bits per heavy atom. The molecule has 1 aromatic carbocycles. The number of Topliss-reactive ketones (excluding diaryl/α,β-unsaturated/α-hetero) is 1. The predicted molar refractivity (Wildman–Crippen MR) is 115 cm³/mol. The van der Waals surface area contributed by atoms with E-state index in [4.69, 9.17) is 0 Å². The molecule has 1 aliphatic heterocycles. The molecule has 2 aliphatic rings. The van der Waals surface area contributed by atoms with Crippen molar-refractivity contribution in [2.75, 3.05) is 4.90 Å². The SMILES string of the molecule is CC(C)C(Br)C(=O)c1ccc2c(c1)CC(C)N2C(=O)CCC1CCCCC1. The third-order valence-corrected chi connectivity index (χ3v) is 7.65. The highest BCUT2D eigenvalue weighted by Gasteiger charge is 2.32. The van der Waals surface area contributed by atoms with Crippen LogP contribution in [0.2, 0.25) is 0 Å². The molecule has 4 heteroatoms. The first-order valence-electron chi connectivity index (χ1n) is 10.5. The summed E-state index contributed by atoms with van der Waals surface area (Å²) in [5.74, 6) is 1.35. The third-order valence-electron chi connectivity index (χ3n) is 6.18. The highest BCUT2D eigenvalue weighted by atomic mass is 79.9. The molecule has 0 N–H and O–H groups in total. The van der Waals surface area contributed by atoms with Gasteiger partial charge in [-0.2, -0.15) is 0 Å². The number of halogens is 1. The van der Waals surface area contributed by atoms with Gasteiger partial charge in [-0.25, -0.2) is 0 Å². The fourth-order valence-electron chi connectivity index (χ4n) is 4.55. The van der Waals surface area contributed by atoms with Crippen LogP contribution < -0.4 is 4.90 Å². The van der Waals surface area contributed by atoms with Crippen LogP contribution in [0.25, 0.3) is 0 Å². The van der Waals surface area contributed by atoms with Crippen molar-refractivity contribution in [3.05, 3.63) is 29.3 Å². The molecule has 1 amide bonds. The van der Waals surface area contributed by atoms with E-state index >= 15 is 0 Å². The molecule has 1 saturated carbocycles.